The van der Waals surface area contributed by atoms with Crippen LogP contribution in [0.1, 0.15) is 22.3 Å². The van der Waals surface area contributed by atoms with Crippen molar-refractivity contribution in [3.63, 3.8) is 0 Å². The van der Waals surface area contributed by atoms with E-state index < -0.39 is 0 Å². The summed E-state index contributed by atoms with van der Waals surface area (Å²) in [6.07, 6.45) is 0.908. The van der Waals surface area contributed by atoms with Gasteiger partial charge in [0.25, 0.3) is 0 Å². The van der Waals surface area contributed by atoms with Crippen LogP contribution in [0, 0.1) is 0 Å². The van der Waals surface area contributed by atoms with E-state index in [1.54, 1.807) is 43.5 Å². The molecule has 2 aromatic rings. The average Bonchev–Trinajstić information content (AvgIpc) is 3.11. The van der Waals surface area contributed by atoms with Gasteiger partial charge in [-0.25, -0.2) is 0 Å². The summed E-state index contributed by atoms with van der Waals surface area (Å²) in [5.41, 5.74) is 1.14. The highest BCUT2D eigenvalue weighted by atomic mass is 35.5. The highest BCUT2D eigenvalue weighted by Gasteiger charge is 2.20. The molecule has 1 fully saturated rings. The van der Waals surface area contributed by atoms with Gasteiger partial charge in [-0.15, -0.1) is 0 Å². The Labute approximate surface area is 156 Å². The highest BCUT2D eigenvalue weighted by molar-refractivity contribution is 6.36. The number of Topliss-reactive ketones (excluding diaryl/α,β-unsaturated/α-hetero) is 1. The van der Waals surface area contributed by atoms with Crippen LogP contribution in [0.15, 0.2) is 36.4 Å². The van der Waals surface area contributed by atoms with Crippen molar-refractivity contribution in [1.29, 1.82) is 0 Å². The Morgan fingerprint density at radius 1 is 1.20 bits per heavy atom. The average molecular weight is 381 g/mol. The van der Waals surface area contributed by atoms with Crippen LogP contribution in [0.3, 0.4) is 0 Å². The third kappa shape index (κ3) is 4.27. The number of methoxy groups -OCH3 is 1. The largest absolute Gasteiger partial charge is 0.493 e. The van der Waals surface area contributed by atoms with Gasteiger partial charge in [-0.3, -0.25) is 4.79 Å². The van der Waals surface area contributed by atoms with Crippen molar-refractivity contribution in [3.8, 4) is 11.5 Å². The van der Waals surface area contributed by atoms with E-state index >= 15 is 0 Å². The van der Waals surface area contributed by atoms with Crippen molar-refractivity contribution in [2.45, 2.75) is 18.9 Å². The fourth-order valence-corrected chi connectivity index (χ4v) is 3.22. The van der Waals surface area contributed by atoms with E-state index in [-0.39, 0.29) is 18.3 Å². The molecule has 0 bridgehead atoms. The summed E-state index contributed by atoms with van der Waals surface area (Å²) in [6, 6.07) is 10.3. The number of benzene rings is 2. The lowest BCUT2D eigenvalue weighted by atomic mass is 10.0. The molecule has 1 saturated heterocycles. The summed E-state index contributed by atoms with van der Waals surface area (Å²) in [5, 5.41) is 0.961. The van der Waals surface area contributed by atoms with Crippen molar-refractivity contribution >= 4 is 29.0 Å². The number of ketones is 1. The van der Waals surface area contributed by atoms with Crippen LogP contribution < -0.4 is 9.47 Å². The van der Waals surface area contributed by atoms with Gasteiger partial charge in [0, 0.05) is 28.5 Å². The van der Waals surface area contributed by atoms with Crippen LogP contribution in [0.25, 0.3) is 0 Å². The Balaban J connectivity index is 1.82. The van der Waals surface area contributed by atoms with Crippen LogP contribution >= 0.6 is 23.2 Å². The number of rotatable bonds is 6. The first-order valence-electron chi connectivity index (χ1n) is 7.97. The molecule has 6 heteroatoms. The maximum absolute atomic E-state index is 12.7. The summed E-state index contributed by atoms with van der Waals surface area (Å²) in [6.45, 7) is 1.22. The number of halogens is 2. The first-order valence-corrected chi connectivity index (χ1v) is 8.72. The van der Waals surface area contributed by atoms with E-state index in [4.69, 9.17) is 37.4 Å². The first kappa shape index (κ1) is 18.1. The third-order valence-corrected chi connectivity index (χ3v) is 4.77. The molecular weight excluding hydrogens is 363 g/mol. The minimum Gasteiger partial charge on any atom is -0.493 e. The molecule has 25 heavy (non-hydrogen) atoms. The summed E-state index contributed by atoms with van der Waals surface area (Å²) in [4.78, 5) is 12.7. The van der Waals surface area contributed by atoms with E-state index in [1.165, 1.54) is 0 Å². The molecular formula is C19H18Cl2O4. The molecule has 0 radical (unpaired) electrons. The maximum atomic E-state index is 12.7. The molecule has 1 heterocycles. The van der Waals surface area contributed by atoms with E-state index in [0.717, 1.165) is 6.42 Å². The molecule has 0 N–H and O–H groups in total. The molecule has 0 saturated carbocycles. The van der Waals surface area contributed by atoms with Crippen molar-refractivity contribution in [1.82, 2.24) is 0 Å². The maximum Gasteiger partial charge on any atom is 0.167 e. The van der Waals surface area contributed by atoms with Crippen molar-refractivity contribution in [2.75, 3.05) is 20.3 Å². The normalized spacial score (nSPS) is 16.7. The van der Waals surface area contributed by atoms with Gasteiger partial charge in [-0.05, 0) is 35.9 Å². The van der Waals surface area contributed by atoms with Gasteiger partial charge in [-0.2, -0.15) is 0 Å². The lowest BCUT2D eigenvalue weighted by Gasteiger charge is -2.16. The van der Waals surface area contributed by atoms with Crippen LogP contribution in [0.5, 0.6) is 11.5 Å². The Morgan fingerprint density at radius 3 is 2.60 bits per heavy atom. The third-order valence-electron chi connectivity index (χ3n) is 4.07. The van der Waals surface area contributed by atoms with Gasteiger partial charge in [0.1, 0.15) is 6.10 Å². The zero-order valence-corrected chi connectivity index (χ0v) is 15.3. The molecule has 1 aliphatic heterocycles. The fraction of sp³-hybridized carbons (Fsp3) is 0.316. The number of carbonyl (C=O) groups excluding carboxylic acids is 1. The monoisotopic (exact) mass is 380 g/mol. The van der Waals surface area contributed by atoms with Crippen molar-refractivity contribution in [3.05, 3.63) is 57.6 Å². The standard InChI is InChI=1S/C19H18Cl2O4/c1-23-18-6-5-12(9-19(18)25-13-7-8-24-11-13)17(22)10-14-15(20)3-2-4-16(14)21/h2-6,9,13H,7-8,10-11H2,1H3. The quantitative estimate of drug-likeness (QED) is 0.687. The molecule has 0 spiro atoms. The number of ether oxygens (including phenoxy) is 3. The minimum atomic E-state index is -0.0924. The number of hydrogen-bond donors (Lipinski definition) is 0. The Hall–Kier alpha value is -1.75. The Bertz CT molecular complexity index is 750. The van der Waals surface area contributed by atoms with Crippen molar-refractivity contribution in [2.24, 2.45) is 0 Å². The zero-order valence-electron chi connectivity index (χ0n) is 13.8. The van der Waals surface area contributed by atoms with Gasteiger partial charge in [0.05, 0.1) is 20.3 Å². The number of hydrogen-bond acceptors (Lipinski definition) is 4. The van der Waals surface area contributed by atoms with Gasteiger partial charge in [0.2, 0.25) is 0 Å². The Kier molecular flexibility index (Phi) is 5.84. The lowest BCUT2D eigenvalue weighted by Crippen LogP contribution is -2.16. The molecule has 4 nitrogen and oxygen atoms in total. The molecule has 3 rings (SSSR count). The summed E-state index contributed by atoms with van der Waals surface area (Å²) in [5.74, 6) is 1.03. The second kappa shape index (κ2) is 8.09. The van der Waals surface area contributed by atoms with Crippen LogP contribution in [-0.2, 0) is 11.2 Å². The summed E-state index contributed by atoms with van der Waals surface area (Å²) < 4.78 is 16.6. The molecule has 0 aromatic heterocycles. The number of carbonyl (C=O) groups is 1. The highest BCUT2D eigenvalue weighted by Crippen LogP contribution is 2.32. The molecule has 2 aromatic carbocycles. The predicted octanol–water partition coefficient (Wildman–Crippen LogP) is 4.60. The second-order valence-corrected chi connectivity index (χ2v) is 6.58. The molecule has 1 aliphatic rings. The van der Waals surface area contributed by atoms with Crippen LogP contribution in [-0.4, -0.2) is 32.2 Å². The minimum absolute atomic E-state index is 0.0303. The summed E-state index contributed by atoms with van der Waals surface area (Å²) >= 11 is 12.3. The molecule has 1 unspecified atom stereocenters. The zero-order chi connectivity index (χ0) is 17.8. The van der Waals surface area contributed by atoms with Gasteiger partial charge in [-0.1, -0.05) is 29.3 Å². The van der Waals surface area contributed by atoms with Crippen molar-refractivity contribution < 1.29 is 19.0 Å². The van der Waals surface area contributed by atoms with E-state index in [9.17, 15) is 4.79 Å². The van der Waals surface area contributed by atoms with E-state index in [1.807, 2.05) is 0 Å². The SMILES string of the molecule is COc1ccc(C(=O)Cc2c(Cl)cccc2Cl)cc1OC1CCOC1. The predicted molar refractivity (Wildman–Crippen MR) is 97.3 cm³/mol. The Morgan fingerprint density at radius 2 is 1.96 bits per heavy atom. The summed E-state index contributed by atoms with van der Waals surface area (Å²) in [7, 11) is 1.57. The van der Waals surface area contributed by atoms with Gasteiger partial charge < -0.3 is 14.2 Å². The fourth-order valence-electron chi connectivity index (χ4n) is 2.69. The first-order chi connectivity index (χ1) is 12.1. The second-order valence-electron chi connectivity index (χ2n) is 5.77. The smallest absolute Gasteiger partial charge is 0.167 e. The lowest BCUT2D eigenvalue weighted by molar-refractivity contribution is 0.0991. The molecule has 132 valence electrons. The topological polar surface area (TPSA) is 44.8 Å². The van der Waals surface area contributed by atoms with Crippen LogP contribution in [0.4, 0.5) is 0 Å². The van der Waals surface area contributed by atoms with Gasteiger partial charge in [0.15, 0.2) is 17.3 Å². The van der Waals surface area contributed by atoms with E-state index in [0.29, 0.717) is 45.9 Å². The van der Waals surface area contributed by atoms with E-state index in [2.05, 4.69) is 0 Å². The molecule has 0 aliphatic carbocycles. The van der Waals surface area contributed by atoms with Gasteiger partial charge >= 0.3 is 0 Å². The molecule has 1 atom stereocenters. The molecule has 0 amide bonds. The van der Waals surface area contributed by atoms with Crippen LogP contribution in [0.2, 0.25) is 10.0 Å².